The van der Waals surface area contributed by atoms with Crippen LogP contribution in [0.3, 0.4) is 0 Å². The summed E-state index contributed by atoms with van der Waals surface area (Å²) in [4.78, 5) is 18.2. The lowest BCUT2D eigenvalue weighted by atomic mass is 10.2. The van der Waals surface area contributed by atoms with Crippen LogP contribution >= 0.6 is 45.8 Å². The molecule has 0 aliphatic heterocycles. The Labute approximate surface area is 154 Å². The highest BCUT2D eigenvalue weighted by Gasteiger charge is 2.10. The van der Waals surface area contributed by atoms with Crippen molar-refractivity contribution in [1.82, 2.24) is 4.98 Å². The largest absolute Gasteiger partial charge is 0.477 e. The maximum Gasteiger partial charge on any atom is 0.345 e. The second-order valence-electron chi connectivity index (χ2n) is 5.02. The summed E-state index contributed by atoms with van der Waals surface area (Å²) in [5.41, 5.74) is 1.02. The normalized spacial score (nSPS) is 11.2. The molecule has 120 valence electrons. The van der Waals surface area contributed by atoms with Crippen LogP contribution in [0.1, 0.15) is 14.7 Å². The van der Waals surface area contributed by atoms with Gasteiger partial charge in [0.1, 0.15) is 9.88 Å². The van der Waals surface area contributed by atoms with Gasteiger partial charge in [0.2, 0.25) is 0 Å². The van der Waals surface area contributed by atoms with Crippen LogP contribution in [-0.2, 0) is 5.75 Å². The van der Waals surface area contributed by atoms with Crippen molar-refractivity contribution < 1.29 is 9.90 Å². The third-order valence-corrected chi connectivity index (χ3v) is 7.60. The van der Waals surface area contributed by atoms with Crippen LogP contribution in [0.25, 0.3) is 20.7 Å². The van der Waals surface area contributed by atoms with E-state index in [-0.39, 0.29) is 0 Å². The molecule has 4 rings (SSSR count). The van der Waals surface area contributed by atoms with Crippen molar-refractivity contribution in [3.05, 3.63) is 57.0 Å². The summed E-state index contributed by atoms with van der Waals surface area (Å²) in [6, 6.07) is 12.3. The zero-order valence-electron chi connectivity index (χ0n) is 12.3. The fourth-order valence-corrected chi connectivity index (χ4v) is 6.03. The molecule has 0 spiro atoms. The third kappa shape index (κ3) is 3.25. The summed E-state index contributed by atoms with van der Waals surface area (Å²) in [5, 5.41) is 15.2. The maximum absolute atomic E-state index is 10.9. The predicted octanol–water partition coefficient (Wildman–Crippen LogP) is 6.08. The second kappa shape index (κ2) is 6.68. The molecule has 0 radical (unpaired) electrons. The van der Waals surface area contributed by atoms with Gasteiger partial charge in [0.25, 0.3) is 0 Å². The number of thiazole rings is 1. The van der Waals surface area contributed by atoms with Crippen LogP contribution in [-0.4, -0.2) is 16.1 Å². The molecule has 0 aliphatic rings. The van der Waals surface area contributed by atoms with Gasteiger partial charge in [0.15, 0.2) is 0 Å². The number of fused-ring (bicyclic) bond motifs is 1. The molecular weight excluding hydrogens is 378 g/mol. The Morgan fingerprint density at radius 3 is 2.83 bits per heavy atom. The van der Waals surface area contributed by atoms with Gasteiger partial charge in [0.05, 0.1) is 16.3 Å². The minimum absolute atomic E-state index is 0.377. The minimum Gasteiger partial charge on any atom is -0.477 e. The first-order valence-corrected chi connectivity index (χ1v) is 10.6. The van der Waals surface area contributed by atoms with Gasteiger partial charge >= 0.3 is 5.97 Å². The van der Waals surface area contributed by atoms with Gasteiger partial charge in [0, 0.05) is 20.4 Å². The van der Waals surface area contributed by atoms with Crippen LogP contribution in [0, 0.1) is 0 Å². The molecule has 0 unspecified atom stereocenters. The van der Waals surface area contributed by atoms with Crippen molar-refractivity contribution in [2.45, 2.75) is 10.6 Å². The Kier molecular flexibility index (Phi) is 4.41. The van der Waals surface area contributed by atoms with E-state index >= 15 is 0 Å². The standard InChI is InChI=1S/C17H11NO2S4/c19-17(20)15-6-11(7-22-15)21-9-16-18-12(8-23-16)14-5-10-3-1-2-4-13(10)24-14/h1-8H,9H2,(H,19,20). The van der Waals surface area contributed by atoms with E-state index in [1.807, 2.05) is 11.4 Å². The number of hydrogen-bond donors (Lipinski definition) is 1. The van der Waals surface area contributed by atoms with E-state index < -0.39 is 5.97 Å². The zero-order valence-corrected chi connectivity index (χ0v) is 15.5. The van der Waals surface area contributed by atoms with Crippen molar-refractivity contribution in [2.75, 3.05) is 0 Å². The smallest absolute Gasteiger partial charge is 0.345 e. The number of carboxylic acid groups (broad SMARTS) is 1. The first-order chi connectivity index (χ1) is 11.7. The fraction of sp³-hybridized carbons (Fsp3) is 0.0588. The van der Waals surface area contributed by atoms with Crippen LogP contribution in [0.2, 0.25) is 0 Å². The lowest BCUT2D eigenvalue weighted by Crippen LogP contribution is -1.89. The van der Waals surface area contributed by atoms with E-state index in [1.54, 1.807) is 40.5 Å². The van der Waals surface area contributed by atoms with Crippen LogP contribution in [0.5, 0.6) is 0 Å². The Balaban J connectivity index is 1.48. The molecule has 3 aromatic heterocycles. The van der Waals surface area contributed by atoms with E-state index in [2.05, 4.69) is 29.6 Å². The molecule has 0 bridgehead atoms. The van der Waals surface area contributed by atoms with Crippen LogP contribution in [0.15, 0.2) is 52.1 Å². The number of thiophene rings is 2. The van der Waals surface area contributed by atoms with Crippen LogP contribution < -0.4 is 0 Å². The van der Waals surface area contributed by atoms with Gasteiger partial charge in [-0.3, -0.25) is 0 Å². The summed E-state index contributed by atoms with van der Waals surface area (Å²) in [7, 11) is 0. The number of benzene rings is 1. The molecule has 1 N–H and O–H groups in total. The highest BCUT2D eigenvalue weighted by Crippen LogP contribution is 2.35. The zero-order chi connectivity index (χ0) is 16.5. The molecule has 24 heavy (non-hydrogen) atoms. The number of hydrogen-bond acceptors (Lipinski definition) is 6. The summed E-state index contributed by atoms with van der Waals surface area (Å²) < 4.78 is 1.27. The van der Waals surface area contributed by atoms with Gasteiger partial charge < -0.3 is 5.11 Å². The lowest BCUT2D eigenvalue weighted by Gasteiger charge is -1.94. The Bertz CT molecular complexity index is 981. The first-order valence-electron chi connectivity index (χ1n) is 7.07. The molecule has 0 fully saturated rings. The number of carbonyl (C=O) groups is 1. The first kappa shape index (κ1) is 15.8. The molecule has 7 heteroatoms. The highest BCUT2D eigenvalue weighted by molar-refractivity contribution is 7.98. The summed E-state index contributed by atoms with van der Waals surface area (Å²) in [5.74, 6) is -0.112. The number of rotatable bonds is 5. The second-order valence-corrected chi connectivity index (χ2v) is 9.00. The summed E-state index contributed by atoms with van der Waals surface area (Å²) >= 11 is 6.29. The fourth-order valence-electron chi connectivity index (χ4n) is 2.25. The Morgan fingerprint density at radius 2 is 2.04 bits per heavy atom. The molecule has 0 amide bonds. The van der Waals surface area contributed by atoms with Crippen molar-refractivity contribution >= 4 is 61.8 Å². The molecule has 3 heterocycles. The van der Waals surface area contributed by atoms with Gasteiger partial charge in [-0.05, 0) is 23.6 Å². The van der Waals surface area contributed by atoms with E-state index in [1.165, 1.54) is 26.3 Å². The predicted molar refractivity (Wildman–Crippen MR) is 104 cm³/mol. The molecule has 1 aromatic carbocycles. The Morgan fingerprint density at radius 1 is 1.17 bits per heavy atom. The quantitative estimate of drug-likeness (QED) is 0.420. The minimum atomic E-state index is -0.867. The number of aromatic nitrogens is 1. The monoisotopic (exact) mass is 389 g/mol. The van der Waals surface area contributed by atoms with Gasteiger partial charge in [-0.25, -0.2) is 9.78 Å². The van der Waals surface area contributed by atoms with E-state index in [0.29, 0.717) is 4.88 Å². The molecule has 0 atom stereocenters. The molecule has 4 aromatic rings. The van der Waals surface area contributed by atoms with Crippen molar-refractivity contribution in [3.63, 3.8) is 0 Å². The van der Waals surface area contributed by atoms with Crippen molar-refractivity contribution in [1.29, 1.82) is 0 Å². The number of carboxylic acids is 1. The van der Waals surface area contributed by atoms with E-state index in [4.69, 9.17) is 10.1 Å². The van der Waals surface area contributed by atoms with Crippen molar-refractivity contribution in [2.24, 2.45) is 0 Å². The average Bonchev–Trinajstić information content (AvgIpc) is 3.30. The maximum atomic E-state index is 10.9. The van der Waals surface area contributed by atoms with Gasteiger partial charge in [-0.1, -0.05) is 18.2 Å². The number of thioether (sulfide) groups is 1. The Hall–Kier alpha value is -1.67. The lowest BCUT2D eigenvalue weighted by molar-refractivity contribution is 0.0702. The number of aromatic carboxylic acids is 1. The summed E-state index contributed by atoms with van der Waals surface area (Å²) in [6.07, 6.45) is 0. The molecule has 3 nitrogen and oxygen atoms in total. The SMILES string of the molecule is O=C(O)c1cc(SCc2nc(-c3cc4ccccc4s3)cs2)cs1. The van der Waals surface area contributed by atoms with Gasteiger partial charge in [-0.15, -0.1) is 45.8 Å². The average molecular weight is 390 g/mol. The summed E-state index contributed by atoms with van der Waals surface area (Å²) in [6.45, 7) is 0. The molecule has 0 saturated heterocycles. The van der Waals surface area contributed by atoms with Crippen molar-refractivity contribution in [3.8, 4) is 10.6 Å². The topological polar surface area (TPSA) is 50.2 Å². The number of nitrogens with zero attached hydrogens (tertiary/aromatic N) is 1. The van der Waals surface area contributed by atoms with E-state index in [9.17, 15) is 4.79 Å². The highest BCUT2D eigenvalue weighted by atomic mass is 32.2. The van der Waals surface area contributed by atoms with Gasteiger partial charge in [-0.2, -0.15) is 0 Å². The molecular formula is C17H11NO2S4. The van der Waals surface area contributed by atoms with Crippen LogP contribution in [0.4, 0.5) is 0 Å². The van der Waals surface area contributed by atoms with E-state index in [0.717, 1.165) is 21.3 Å². The molecule has 0 saturated carbocycles. The third-order valence-electron chi connectivity index (χ3n) is 3.38. The molecule has 0 aliphatic carbocycles.